The largest absolute Gasteiger partial charge is 0.334 e. The number of benzene rings is 2. The van der Waals surface area contributed by atoms with Crippen molar-refractivity contribution in [2.24, 2.45) is 0 Å². The van der Waals surface area contributed by atoms with Crippen LogP contribution in [-0.4, -0.2) is 20.4 Å². The lowest BCUT2D eigenvalue weighted by Crippen LogP contribution is -2.12. The van der Waals surface area contributed by atoms with Gasteiger partial charge in [-0.1, -0.05) is 41.9 Å². The van der Waals surface area contributed by atoms with Crippen LogP contribution >= 0.6 is 11.6 Å². The Morgan fingerprint density at radius 1 is 1.03 bits per heavy atom. The third-order valence-corrected chi connectivity index (χ3v) is 5.47. The summed E-state index contributed by atoms with van der Waals surface area (Å²) in [4.78, 5) is 21.9. The van der Waals surface area contributed by atoms with Crippen LogP contribution in [0.1, 0.15) is 29.0 Å². The van der Waals surface area contributed by atoms with Crippen LogP contribution in [0.25, 0.3) is 22.2 Å². The Balaban J connectivity index is 1.39. The molecule has 0 saturated heterocycles. The number of imidazole rings is 1. The van der Waals surface area contributed by atoms with E-state index in [1.54, 1.807) is 6.07 Å². The van der Waals surface area contributed by atoms with Gasteiger partial charge < -0.3 is 9.88 Å². The standard InChI is InChI=1S/C23H19ClN4O/c24-21-13-18(17-5-1-2-6-19(17)26-21)23(29)25-16-10-8-15(9-11-16)20-14-28-12-4-3-7-22(28)27-20/h1-2,5-6,8-11,13-14H,3-4,7,12H2,(H,25,29). The fourth-order valence-corrected chi connectivity index (χ4v) is 4.01. The van der Waals surface area contributed by atoms with Gasteiger partial charge in [-0.15, -0.1) is 0 Å². The number of aromatic nitrogens is 3. The molecule has 0 aliphatic carbocycles. The lowest BCUT2D eigenvalue weighted by molar-refractivity contribution is 0.102. The van der Waals surface area contributed by atoms with Crippen molar-refractivity contribution < 1.29 is 4.79 Å². The number of halogens is 1. The average Bonchev–Trinajstić information content (AvgIpc) is 3.18. The molecule has 0 spiro atoms. The normalized spacial score (nSPS) is 13.3. The summed E-state index contributed by atoms with van der Waals surface area (Å²) >= 11 is 6.10. The number of aryl methyl sites for hydroxylation is 2. The molecule has 1 N–H and O–H groups in total. The Bertz CT molecular complexity index is 1190. The number of para-hydroxylation sites is 1. The first-order chi connectivity index (χ1) is 14.2. The van der Waals surface area contributed by atoms with E-state index in [1.807, 2.05) is 48.5 Å². The van der Waals surface area contributed by atoms with Crippen LogP contribution in [0.15, 0.2) is 60.8 Å². The zero-order valence-corrected chi connectivity index (χ0v) is 16.5. The number of hydrogen-bond donors (Lipinski definition) is 1. The van der Waals surface area contributed by atoms with E-state index in [-0.39, 0.29) is 5.91 Å². The van der Waals surface area contributed by atoms with Crippen LogP contribution in [0, 0.1) is 0 Å². The molecular weight excluding hydrogens is 384 g/mol. The van der Waals surface area contributed by atoms with Crippen LogP contribution in [-0.2, 0) is 13.0 Å². The Kier molecular flexibility index (Phi) is 4.52. The minimum atomic E-state index is -0.212. The van der Waals surface area contributed by atoms with E-state index >= 15 is 0 Å². The van der Waals surface area contributed by atoms with Gasteiger partial charge in [0.05, 0.1) is 16.8 Å². The van der Waals surface area contributed by atoms with Gasteiger partial charge in [0.1, 0.15) is 11.0 Å². The van der Waals surface area contributed by atoms with Gasteiger partial charge in [-0.3, -0.25) is 4.79 Å². The van der Waals surface area contributed by atoms with Crippen molar-refractivity contribution in [3.63, 3.8) is 0 Å². The molecular formula is C23H19ClN4O. The smallest absolute Gasteiger partial charge is 0.256 e. The highest BCUT2D eigenvalue weighted by atomic mass is 35.5. The van der Waals surface area contributed by atoms with Gasteiger partial charge >= 0.3 is 0 Å². The SMILES string of the molecule is O=C(Nc1ccc(-c2cn3c(n2)CCCC3)cc1)c1cc(Cl)nc2ccccc12. The number of hydrogen-bond acceptors (Lipinski definition) is 3. The van der Waals surface area contributed by atoms with Gasteiger partial charge in [-0.25, -0.2) is 9.97 Å². The van der Waals surface area contributed by atoms with Gasteiger partial charge in [-0.05, 0) is 37.1 Å². The van der Waals surface area contributed by atoms with Crippen molar-refractivity contribution in [2.45, 2.75) is 25.8 Å². The second kappa shape index (κ2) is 7.33. The fraction of sp³-hybridized carbons (Fsp3) is 0.174. The van der Waals surface area contributed by atoms with Crippen molar-refractivity contribution in [3.8, 4) is 11.3 Å². The molecule has 29 heavy (non-hydrogen) atoms. The molecule has 0 radical (unpaired) electrons. The third kappa shape index (κ3) is 3.49. The Morgan fingerprint density at radius 3 is 2.69 bits per heavy atom. The maximum Gasteiger partial charge on any atom is 0.256 e. The second-order valence-electron chi connectivity index (χ2n) is 7.23. The van der Waals surface area contributed by atoms with E-state index in [0.29, 0.717) is 16.2 Å². The molecule has 0 atom stereocenters. The minimum absolute atomic E-state index is 0.212. The minimum Gasteiger partial charge on any atom is -0.334 e. The first-order valence-electron chi connectivity index (χ1n) is 9.70. The van der Waals surface area contributed by atoms with E-state index in [4.69, 9.17) is 16.6 Å². The number of fused-ring (bicyclic) bond motifs is 2. The van der Waals surface area contributed by atoms with Crippen molar-refractivity contribution in [2.75, 3.05) is 5.32 Å². The molecule has 144 valence electrons. The number of amides is 1. The lowest BCUT2D eigenvalue weighted by atomic mass is 10.1. The maximum absolute atomic E-state index is 12.9. The van der Waals surface area contributed by atoms with Crippen molar-refractivity contribution in [1.29, 1.82) is 0 Å². The monoisotopic (exact) mass is 402 g/mol. The highest BCUT2D eigenvalue weighted by Crippen LogP contribution is 2.25. The molecule has 4 aromatic rings. The van der Waals surface area contributed by atoms with Crippen LogP contribution < -0.4 is 5.32 Å². The molecule has 3 heterocycles. The van der Waals surface area contributed by atoms with Gasteiger partial charge in [0.25, 0.3) is 5.91 Å². The highest BCUT2D eigenvalue weighted by molar-refractivity contribution is 6.30. The number of nitrogens with one attached hydrogen (secondary N) is 1. The van der Waals surface area contributed by atoms with Crippen molar-refractivity contribution in [1.82, 2.24) is 14.5 Å². The highest BCUT2D eigenvalue weighted by Gasteiger charge is 2.15. The zero-order chi connectivity index (χ0) is 19.8. The summed E-state index contributed by atoms with van der Waals surface area (Å²) in [5.74, 6) is 0.945. The first-order valence-corrected chi connectivity index (χ1v) is 10.1. The Morgan fingerprint density at radius 2 is 1.86 bits per heavy atom. The Labute approximate surface area is 173 Å². The van der Waals surface area contributed by atoms with Gasteiger partial charge in [0, 0.05) is 35.8 Å². The predicted octanol–water partition coefficient (Wildman–Crippen LogP) is 5.34. The van der Waals surface area contributed by atoms with E-state index in [0.717, 1.165) is 41.1 Å². The molecule has 0 unspecified atom stereocenters. The summed E-state index contributed by atoms with van der Waals surface area (Å²) in [6.45, 7) is 1.04. The van der Waals surface area contributed by atoms with Gasteiger partial charge in [0.2, 0.25) is 0 Å². The van der Waals surface area contributed by atoms with Crippen LogP contribution in [0.2, 0.25) is 5.15 Å². The zero-order valence-electron chi connectivity index (χ0n) is 15.7. The molecule has 2 aromatic carbocycles. The summed E-state index contributed by atoms with van der Waals surface area (Å²) in [6, 6.07) is 16.8. The number of rotatable bonds is 3. The summed E-state index contributed by atoms with van der Waals surface area (Å²) in [5.41, 5.74) is 3.95. The van der Waals surface area contributed by atoms with Crippen LogP contribution in [0.3, 0.4) is 0 Å². The number of carbonyl (C=O) groups is 1. The molecule has 1 aliphatic heterocycles. The molecule has 1 amide bonds. The topological polar surface area (TPSA) is 59.8 Å². The molecule has 6 heteroatoms. The van der Waals surface area contributed by atoms with E-state index in [1.165, 1.54) is 12.8 Å². The number of anilines is 1. The fourth-order valence-electron chi connectivity index (χ4n) is 3.81. The number of pyridine rings is 1. The average molecular weight is 403 g/mol. The first kappa shape index (κ1) is 17.9. The molecule has 2 aromatic heterocycles. The van der Waals surface area contributed by atoms with E-state index < -0.39 is 0 Å². The third-order valence-electron chi connectivity index (χ3n) is 5.28. The summed E-state index contributed by atoms with van der Waals surface area (Å²) < 4.78 is 2.24. The maximum atomic E-state index is 12.9. The van der Waals surface area contributed by atoms with E-state index in [2.05, 4.69) is 21.1 Å². The van der Waals surface area contributed by atoms with Crippen molar-refractivity contribution in [3.05, 3.63) is 77.3 Å². The van der Waals surface area contributed by atoms with Crippen molar-refractivity contribution >= 4 is 34.1 Å². The second-order valence-corrected chi connectivity index (χ2v) is 7.62. The summed E-state index contributed by atoms with van der Waals surface area (Å²) in [7, 11) is 0. The summed E-state index contributed by atoms with van der Waals surface area (Å²) in [5, 5.41) is 4.03. The number of nitrogens with zero attached hydrogens (tertiary/aromatic N) is 3. The number of carbonyl (C=O) groups excluding carboxylic acids is 1. The van der Waals surface area contributed by atoms with Crippen LogP contribution in [0.4, 0.5) is 5.69 Å². The molecule has 5 rings (SSSR count). The molecule has 5 nitrogen and oxygen atoms in total. The van der Waals surface area contributed by atoms with Gasteiger partial charge in [0.15, 0.2) is 0 Å². The molecule has 0 fully saturated rings. The van der Waals surface area contributed by atoms with Gasteiger partial charge in [-0.2, -0.15) is 0 Å². The molecule has 0 saturated carbocycles. The quantitative estimate of drug-likeness (QED) is 0.470. The lowest BCUT2D eigenvalue weighted by Gasteiger charge is -2.11. The molecule has 0 bridgehead atoms. The molecule has 1 aliphatic rings. The Hall–Kier alpha value is -3.18. The predicted molar refractivity (Wildman–Crippen MR) is 115 cm³/mol. The summed E-state index contributed by atoms with van der Waals surface area (Å²) in [6.07, 6.45) is 5.57. The van der Waals surface area contributed by atoms with E-state index in [9.17, 15) is 4.79 Å². The van der Waals surface area contributed by atoms with Crippen LogP contribution in [0.5, 0.6) is 0 Å².